The minimum absolute atomic E-state index is 0.0219. The highest BCUT2D eigenvalue weighted by atomic mass is 35.5. The van der Waals surface area contributed by atoms with Crippen molar-refractivity contribution in [2.45, 2.75) is 26.2 Å². The lowest BCUT2D eigenvalue weighted by Crippen LogP contribution is -2.26. The van der Waals surface area contributed by atoms with Crippen molar-refractivity contribution in [3.63, 3.8) is 0 Å². The summed E-state index contributed by atoms with van der Waals surface area (Å²) in [6, 6.07) is 4.12. The van der Waals surface area contributed by atoms with Gasteiger partial charge in [0, 0.05) is 24.1 Å². The summed E-state index contributed by atoms with van der Waals surface area (Å²) in [7, 11) is 1.46. The van der Waals surface area contributed by atoms with Gasteiger partial charge in [0.15, 0.2) is 5.82 Å². The smallest absolute Gasteiger partial charge is 0.239 e. The van der Waals surface area contributed by atoms with Crippen molar-refractivity contribution in [2.24, 2.45) is 0 Å². The standard InChI is InChI=1S/C19H20Cl2F2N2O2/c1-9(2)16-14(26)5-4-10(18(16)22)6-11-12(20)7-13(19(23)17(11)21)25-8-15(27)24-3/h4-5,7,9,25-26H,6,8H2,1-3H3,(H,24,27). The van der Waals surface area contributed by atoms with Crippen LogP contribution in [0.15, 0.2) is 18.2 Å². The van der Waals surface area contributed by atoms with Gasteiger partial charge in [0.2, 0.25) is 5.91 Å². The number of carbonyl (C=O) groups is 1. The zero-order chi connectivity index (χ0) is 20.3. The van der Waals surface area contributed by atoms with Crippen LogP contribution in [0.25, 0.3) is 0 Å². The van der Waals surface area contributed by atoms with E-state index in [1.165, 1.54) is 25.2 Å². The molecule has 8 heteroatoms. The minimum Gasteiger partial charge on any atom is -0.508 e. The van der Waals surface area contributed by atoms with Gasteiger partial charge in [-0.1, -0.05) is 43.1 Å². The van der Waals surface area contributed by atoms with Gasteiger partial charge in [-0.2, -0.15) is 0 Å². The van der Waals surface area contributed by atoms with Crippen molar-refractivity contribution < 1.29 is 18.7 Å². The molecule has 0 aliphatic heterocycles. The molecule has 0 atom stereocenters. The highest BCUT2D eigenvalue weighted by molar-refractivity contribution is 6.36. The molecule has 0 bridgehead atoms. The molecule has 2 rings (SSSR count). The molecule has 0 spiro atoms. The maximum atomic E-state index is 14.8. The Bertz CT molecular complexity index is 874. The van der Waals surface area contributed by atoms with Gasteiger partial charge in [-0.05, 0) is 29.2 Å². The van der Waals surface area contributed by atoms with Crippen LogP contribution in [0, 0.1) is 11.6 Å². The SMILES string of the molecule is CNC(=O)CNc1cc(Cl)c(Cc2ccc(O)c(C(C)C)c2F)c(Cl)c1F. The molecule has 0 fully saturated rings. The molecular formula is C19H20Cl2F2N2O2. The number of carbonyl (C=O) groups excluding carboxylic acids is 1. The maximum absolute atomic E-state index is 14.8. The van der Waals surface area contributed by atoms with Gasteiger partial charge < -0.3 is 15.7 Å². The molecule has 0 saturated carbocycles. The molecule has 27 heavy (non-hydrogen) atoms. The Morgan fingerprint density at radius 2 is 1.89 bits per heavy atom. The van der Waals surface area contributed by atoms with E-state index in [2.05, 4.69) is 10.6 Å². The molecule has 0 heterocycles. The van der Waals surface area contributed by atoms with Crippen molar-refractivity contribution >= 4 is 34.8 Å². The average Bonchev–Trinajstić information content (AvgIpc) is 2.61. The fourth-order valence-corrected chi connectivity index (χ4v) is 3.28. The van der Waals surface area contributed by atoms with E-state index in [1.807, 2.05) is 0 Å². The van der Waals surface area contributed by atoms with Crippen LogP contribution in [0.1, 0.15) is 36.5 Å². The second-order valence-corrected chi connectivity index (χ2v) is 7.13. The Morgan fingerprint density at radius 1 is 1.22 bits per heavy atom. The summed E-state index contributed by atoms with van der Waals surface area (Å²) in [6.45, 7) is 3.37. The van der Waals surface area contributed by atoms with Crippen LogP contribution < -0.4 is 10.6 Å². The number of anilines is 1. The number of amides is 1. The van der Waals surface area contributed by atoms with Crippen LogP contribution in [0.5, 0.6) is 5.75 Å². The largest absolute Gasteiger partial charge is 0.508 e. The first-order valence-corrected chi connectivity index (χ1v) is 9.04. The van der Waals surface area contributed by atoms with Gasteiger partial charge in [-0.25, -0.2) is 8.78 Å². The Morgan fingerprint density at radius 3 is 2.48 bits per heavy atom. The van der Waals surface area contributed by atoms with Crippen LogP contribution in [-0.2, 0) is 11.2 Å². The molecule has 0 aliphatic carbocycles. The summed E-state index contributed by atoms with van der Waals surface area (Å²) in [5.74, 6) is -2.05. The number of halogens is 4. The quantitative estimate of drug-likeness (QED) is 0.589. The van der Waals surface area contributed by atoms with Gasteiger partial charge in [0.1, 0.15) is 11.6 Å². The van der Waals surface area contributed by atoms with Gasteiger partial charge in [0.05, 0.1) is 17.3 Å². The van der Waals surface area contributed by atoms with E-state index in [-0.39, 0.29) is 63.0 Å². The summed E-state index contributed by atoms with van der Waals surface area (Å²) in [4.78, 5) is 11.3. The van der Waals surface area contributed by atoms with Crippen LogP contribution >= 0.6 is 23.2 Å². The molecule has 0 aliphatic rings. The van der Waals surface area contributed by atoms with E-state index in [4.69, 9.17) is 23.2 Å². The Kier molecular flexibility index (Phi) is 6.89. The molecule has 146 valence electrons. The molecule has 0 radical (unpaired) electrons. The van der Waals surface area contributed by atoms with Crippen molar-refractivity contribution in [1.82, 2.24) is 5.32 Å². The molecule has 3 N–H and O–H groups in total. The average molecular weight is 417 g/mol. The molecule has 0 unspecified atom stereocenters. The van der Waals surface area contributed by atoms with E-state index >= 15 is 0 Å². The predicted octanol–water partition coefficient (Wildman–Crippen LogP) is 4.85. The molecule has 0 aromatic heterocycles. The molecule has 2 aromatic rings. The molecule has 4 nitrogen and oxygen atoms in total. The molecule has 1 amide bonds. The lowest BCUT2D eigenvalue weighted by atomic mass is 9.95. The molecule has 0 saturated heterocycles. The lowest BCUT2D eigenvalue weighted by Gasteiger charge is -2.16. The van der Waals surface area contributed by atoms with Gasteiger partial charge >= 0.3 is 0 Å². The van der Waals surface area contributed by atoms with Crippen molar-refractivity contribution in [3.05, 3.63) is 56.6 Å². The maximum Gasteiger partial charge on any atom is 0.239 e. The first-order chi connectivity index (χ1) is 12.7. The van der Waals surface area contributed by atoms with E-state index in [0.717, 1.165) is 0 Å². The van der Waals surface area contributed by atoms with Crippen LogP contribution in [0.2, 0.25) is 10.0 Å². The Hall–Kier alpha value is -2.05. The summed E-state index contributed by atoms with van der Waals surface area (Å²) in [6.07, 6.45) is -0.0455. The van der Waals surface area contributed by atoms with Crippen LogP contribution in [0.4, 0.5) is 14.5 Å². The van der Waals surface area contributed by atoms with Gasteiger partial charge in [0.25, 0.3) is 0 Å². The first kappa shape index (κ1) is 21.3. The number of hydrogen-bond donors (Lipinski definition) is 3. The third-order valence-electron chi connectivity index (χ3n) is 4.15. The zero-order valence-corrected chi connectivity index (χ0v) is 16.6. The van der Waals surface area contributed by atoms with Gasteiger partial charge in [-0.15, -0.1) is 0 Å². The zero-order valence-electron chi connectivity index (χ0n) is 15.1. The minimum atomic E-state index is -0.775. The fourth-order valence-electron chi connectivity index (χ4n) is 2.69. The summed E-state index contributed by atoms with van der Waals surface area (Å²) >= 11 is 12.3. The van der Waals surface area contributed by atoms with Crippen molar-refractivity contribution in [1.29, 1.82) is 0 Å². The second kappa shape index (κ2) is 8.76. The number of rotatable bonds is 6. The van der Waals surface area contributed by atoms with Crippen molar-refractivity contribution in [3.8, 4) is 5.75 Å². The first-order valence-electron chi connectivity index (χ1n) is 8.28. The summed E-state index contributed by atoms with van der Waals surface area (Å²) in [5.41, 5.74) is 0.627. The topological polar surface area (TPSA) is 61.4 Å². The highest BCUT2D eigenvalue weighted by Crippen LogP contribution is 2.37. The van der Waals surface area contributed by atoms with Crippen LogP contribution in [-0.4, -0.2) is 24.6 Å². The van der Waals surface area contributed by atoms with E-state index in [1.54, 1.807) is 13.8 Å². The number of phenols is 1. The molecular weight excluding hydrogens is 397 g/mol. The predicted molar refractivity (Wildman–Crippen MR) is 104 cm³/mol. The number of benzene rings is 2. The summed E-state index contributed by atoms with van der Waals surface area (Å²) < 4.78 is 29.3. The van der Waals surface area contributed by atoms with Gasteiger partial charge in [-0.3, -0.25) is 4.79 Å². The van der Waals surface area contributed by atoms with Crippen molar-refractivity contribution in [2.75, 3.05) is 18.9 Å². The second-order valence-electron chi connectivity index (χ2n) is 6.34. The van der Waals surface area contributed by atoms with E-state index < -0.39 is 11.6 Å². The molecule has 2 aromatic carbocycles. The lowest BCUT2D eigenvalue weighted by molar-refractivity contribution is -0.118. The van der Waals surface area contributed by atoms with E-state index in [9.17, 15) is 18.7 Å². The fraction of sp³-hybridized carbons (Fsp3) is 0.316. The third-order valence-corrected chi connectivity index (χ3v) is 4.88. The monoisotopic (exact) mass is 416 g/mol. The Balaban J connectivity index is 2.39. The highest BCUT2D eigenvalue weighted by Gasteiger charge is 2.21. The number of nitrogens with one attached hydrogen (secondary N) is 2. The summed E-state index contributed by atoms with van der Waals surface area (Å²) in [5, 5.41) is 14.8. The number of phenolic OH excluding ortho intramolecular Hbond substituents is 1. The Labute approximate surface area is 166 Å². The van der Waals surface area contributed by atoms with Crippen LogP contribution in [0.3, 0.4) is 0 Å². The normalized spacial score (nSPS) is 11.0. The number of likely N-dealkylation sites (N-methyl/N-ethyl adjacent to an activating group) is 1. The number of hydrogen-bond acceptors (Lipinski definition) is 3. The van der Waals surface area contributed by atoms with E-state index in [0.29, 0.717) is 0 Å². The third kappa shape index (κ3) is 4.62. The number of aromatic hydroxyl groups is 1.